The van der Waals surface area contributed by atoms with E-state index >= 15 is 0 Å². The minimum absolute atomic E-state index is 0. The van der Waals surface area contributed by atoms with Crippen molar-refractivity contribution in [3.05, 3.63) is 17.5 Å². The second-order valence-corrected chi connectivity index (χ2v) is 3.03. The summed E-state index contributed by atoms with van der Waals surface area (Å²) in [5.41, 5.74) is 7.23. The number of halogens is 1. The number of nitrogens with zero attached hydrogens (tertiary/aromatic N) is 2. The molecule has 80 valence electrons. The number of aryl methyl sites for hydroxylation is 1. The van der Waals surface area contributed by atoms with E-state index in [-0.39, 0.29) is 12.4 Å². The van der Waals surface area contributed by atoms with Crippen molar-refractivity contribution in [1.82, 2.24) is 9.78 Å². The normalized spacial score (nSPS) is 11.9. The smallest absolute Gasteiger partial charge is 0.320 e. The molecule has 1 heterocycles. The Hall–Kier alpha value is -1.07. The van der Waals surface area contributed by atoms with E-state index in [2.05, 4.69) is 5.10 Å². The lowest BCUT2D eigenvalue weighted by atomic mass is 10.1. The fourth-order valence-electron chi connectivity index (χ4n) is 1.07. The van der Waals surface area contributed by atoms with Gasteiger partial charge in [-0.3, -0.25) is 9.48 Å². The van der Waals surface area contributed by atoms with Crippen molar-refractivity contribution in [2.24, 2.45) is 12.8 Å². The SMILES string of the molecule is Cc1c(CC(N)C(=O)O)cnn1C.Cl. The maximum absolute atomic E-state index is 10.5. The van der Waals surface area contributed by atoms with Crippen LogP contribution in [0, 0.1) is 6.92 Å². The largest absolute Gasteiger partial charge is 0.480 e. The third-order valence-electron chi connectivity index (χ3n) is 2.09. The van der Waals surface area contributed by atoms with Crippen LogP contribution in [0.3, 0.4) is 0 Å². The molecule has 6 heteroatoms. The highest BCUT2D eigenvalue weighted by Crippen LogP contribution is 2.07. The number of aromatic nitrogens is 2. The fraction of sp³-hybridized carbons (Fsp3) is 0.500. The third kappa shape index (κ3) is 2.71. The van der Waals surface area contributed by atoms with Gasteiger partial charge >= 0.3 is 5.97 Å². The second kappa shape index (κ2) is 4.97. The van der Waals surface area contributed by atoms with E-state index in [1.807, 2.05) is 14.0 Å². The topological polar surface area (TPSA) is 81.1 Å². The maximum Gasteiger partial charge on any atom is 0.320 e. The standard InChI is InChI=1S/C8H13N3O2.ClH/c1-5-6(4-10-11(5)2)3-7(9)8(12)13;/h4,7H,3,9H2,1-2H3,(H,12,13);1H. The number of carbonyl (C=O) groups is 1. The minimum Gasteiger partial charge on any atom is -0.480 e. The van der Waals surface area contributed by atoms with Crippen LogP contribution in [0.1, 0.15) is 11.3 Å². The number of nitrogens with two attached hydrogens (primary N) is 1. The van der Waals surface area contributed by atoms with Crippen LogP contribution in [0.25, 0.3) is 0 Å². The third-order valence-corrected chi connectivity index (χ3v) is 2.09. The van der Waals surface area contributed by atoms with Crippen molar-refractivity contribution >= 4 is 18.4 Å². The van der Waals surface area contributed by atoms with Gasteiger partial charge < -0.3 is 10.8 Å². The zero-order valence-electron chi connectivity index (χ0n) is 8.10. The molecule has 3 N–H and O–H groups in total. The summed E-state index contributed by atoms with van der Waals surface area (Å²) in [6.45, 7) is 1.89. The van der Waals surface area contributed by atoms with Gasteiger partial charge in [-0.05, 0) is 12.5 Å². The van der Waals surface area contributed by atoms with Crippen molar-refractivity contribution in [3.63, 3.8) is 0 Å². The van der Waals surface area contributed by atoms with Crippen LogP contribution >= 0.6 is 12.4 Å². The molecule has 1 aromatic rings. The van der Waals surface area contributed by atoms with Gasteiger partial charge in [0.2, 0.25) is 0 Å². The van der Waals surface area contributed by atoms with E-state index in [9.17, 15) is 4.79 Å². The summed E-state index contributed by atoms with van der Waals surface area (Å²) in [6.07, 6.45) is 1.98. The van der Waals surface area contributed by atoms with E-state index in [0.29, 0.717) is 6.42 Å². The van der Waals surface area contributed by atoms with Crippen molar-refractivity contribution in [3.8, 4) is 0 Å². The Labute approximate surface area is 88.3 Å². The summed E-state index contributed by atoms with van der Waals surface area (Å²) < 4.78 is 1.70. The quantitative estimate of drug-likeness (QED) is 0.756. The maximum atomic E-state index is 10.5. The molecule has 1 atom stereocenters. The van der Waals surface area contributed by atoms with Gasteiger partial charge in [-0.2, -0.15) is 5.10 Å². The molecule has 0 amide bonds. The van der Waals surface area contributed by atoms with E-state index in [0.717, 1.165) is 11.3 Å². The lowest BCUT2D eigenvalue weighted by Gasteiger charge is -2.04. The zero-order valence-corrected chi connectivity index (χ0v) is 8.91. The molecular formula is C8H14ClN3O2. The lowest BCUT2D eigenvalue weighted by molar-refractivity contribution is -0.138. The minimum atomic E-state index is -0.983. The first-order chi connectivity index (χ1) is 6.02. The highest BCUT2D eigenvalue weighted by Gasteiger charge is 2.14. The number of carboxylic acids is 1. The highest BCUT2D eigenvalue weighted by molar-refractivity contribution is 5.85. The molecule has 14 heavy (non-hydrogen) atoms. The highest BCUT2D eigenvalue weighted by atomic mass is 35.5. The Balaban J connectivity index is 0.00000169. The van der Waals surface area contributed by atoms with Crippen LogP contribution in [0.4, 0.5) is 0 Å². The molecule has 1 unspecified atom stereocenters. The molecule has 0 aliphatic heterocycles. The zero-order chi connectivity index (χ0) is 10.0. The van der Waals surface area contributed by atoms with E-state index in [1.165, 1.54) is 0 Å². The number of carboxylic acid groups (broad SMARTS) is 1. The van der Waals surface area contributed by atoms with Gasteiger partial charge in [0.1, 0.15) is 6.04 Å². The van der Waals surface area contributed by atoms with E-state index in [1.54, 1.807) is 10.9 Å². The molecule has 0 aliphatic rings. The molecule has 0 radical (unpaired) electrons. The van der Waals surface area contributed by atoms with Gasteiger partial charge in [-0.15, -0.1) is 12.4 Å². The summed E-state index contributed by atoms with van der Waals surface area (Å²) in [5.74, 6) is -0.983. The average Bonchev–Trinajstić information content (AvgIpc) is 2.36. The Morgan fingerprint density at radius 1 is 1.79 bits per heavy atom. The molecule has 1 rings (SSSR count). The van der Waals surface area contributed by atoms with E-state index < -0.39 is 12.0 Å². The first-order valence-corrected chi connectivity index (χ1v) is 3.98. The van der Waals surface area contributed by atoms with Gasteiger partial charge in [0.05, 0.1) is 6.20 Å². The molecule has 0 bridgehead atoms. The second-order valence-electron chi connectivity index (χ2n) is 3.03. The predicted octanol–water partition coefficient (Wildman–Crippen LogP) is 0.105. The summed E-state index contributed by atoms with van der Waals surface area (Å²) >= 11 is 0. The molecule has 0 fully saturated rings. The molecular weight excluding hydrogens is 206 g/mol. The number of hydrogen-bond acceptors (Lipinski definition) is 3. The first kappa shape index (κ1) is 12.9. The van der Waals surface area contributed by atoms with Crippen molar-refractivity contribution < 1.29 is 9.90 Å². The van der Waals surface area contributed by atoms with Crippen LogP contribution in [-0.2, 0) is 18.3 Å². The molecule has 5 nitrogen and oxygen atoms in total. The molecule has 0 aliphatic carbocycles. The van der Waals surface area contributed by atoms with Gasteiger partial charge in [-0.1, -0.05) is 0 Å². The summed E-state index contributed by atoms with van der Waals surface area (Å²) in [4.78, 5) is 10.5. The van der Waals surface area contributed by atoms with Crippen LogP contribution < -0.4 is 5.73 Å². The molecule has 1 aromatic heterocycles. The van der Waals surface area contributed by atoms with Crippen LogP contribution in [0.5, 0.6) is 0 Å². The molecule has 0 aromatic carbocycles. The Bertz CT molecular complexity index is 324. The first-order valence-electron chi connectivity index (χ1n) is 3.98. The molecule has 0 saturated heterocycles. The van der Waals surface area contributed by atoms with Crippen molar-refractivity contribution in [2.75, 3.05) is 0 Å². The molecule has 0 spiro atoms. The Kier molecular flexibility index (Phi) is 4.59. The summed E-state index contributed by atoms with van der Waals surface area (Å²) in [6, 6.07) is -0.845. The predicted molar refractivity (Wildman–Crippen MR) is 54.5 cm³/mol. The van der Waals surface area contributed by atoms with Gasteiger partial charge in [0.15, 0.2) is 0 Å². The van der Waals surface area contributed by atoms with Crippen LogP contribution in [0.15, 0.2) is 6.20 Å². The van der Waals surface area contributed by atoms with Crippen molar-refractivity contribution in [2.45, 2.75) is 19.4 Å². The fourth-order valence-corrected chi connectivity index (χ4v) is 1.07. The lowest BCUT2D eigenvalue weighted by Crippen LogP contribution is -2.32. The van der Waals surface area contributed by atoms with Crippen LogP contribution in [-0.4, -0.2) is 26.9 Å². The van der Waals surface area contributed by atoms with Gasteiger partial charge in [-0.25, -0.2) is 0 Å². The van der Waals surface area contributed by atoms with E-state index in [4.69, 9.17) is 10.8 Å². The van der Waals surface area contributed by atoms with Crippen molar-refractivity contribution in [1.29, 1.82) is 0 Å². The average molecular weight is 220 g/mol. The number of hydrogen-bond donors (Lipinski definition) is 2. The van der Waals surface area contributed by atoms with Gasteiger partial charge in [0.25, 0.3) is 0 Å². The Morgan fingerprint density at radius 2 is 2.36 bits per heavy atom. The monoisotopic (exact) mass is 219 g/mol. The summed E-state index contributed by atoms with van der Waals surface area (Å²) in [5, 5.41) is 12.6. The number of aliphatic carboxylic acids is 1. The van der Waals surface area contributed by atoms with Crippen LogP contribution in [0.2, 0.25) is 0 Å². The summed E-state index contributed by atoms with van der Waals surface area (Å²) in [7, 11) is 1.81. The molecule has 0 saturated carbocycles. The number of rotatable bonds is 3. The Morgan fingerprint density at radius 3 is 2.71 bits per heavy atom. The van der Waals surface area contributed by atoms with Gasteiger partial charge in [0, 0.05) is 19.2 Å².